The maximum absolute atomic E-state index is 3.03. The van der Waals surface area contributed by atoms with E-state index >= 15 is 0 Å². The van der Waals surface area contributed by atoms with Gasteiger partial charge in [0.2, 0.25) is 0 Å². The van der Waals surface area contributed by atoms with E-state index in [9.17, 15) is 0 Å². The molecule has 2 saturated carbocycles. The van der Waals surface area contributed by atoms with E-state index in [1.54, 1.807) is 0 Å². The van der Waals surface area contributed by atoms with Crippen LogP contribution in [0.4, 0.5) is 0 Å². The Morgan fingerprint density at radius 3 is 0.750 bits per heavy atom. The molecular weight excluding hydrogens is 563 g/mol. The Bertz CT molecular complexity index is 80.2. The SMILES string of the molecule is [CH]1[CH][CH][CH][CH]1.[CH]1[CH][CH][CH][CH]1.[Se-][Se][Se][Se][Se-].[Ti+4]. The summed E-state index contributed by atoms with van der Waals surface area (Å²) in [5, 5.41) is 0. The maximum Gasteiger partial charge on any atom is 4.00 e. The summed E-state index contributed by atoms with van der Waals surface area (Å²) in [5.41, 5.74) is 0. The smallest absolute Gasteiger partial charge is 4.00 e. The summed E-state index contributed by atoms with van der Waals surface area (Å²) < 4.78 is 0. The van der Waals surface area contributed by atoms with Crippen molar-refractivity contribution in [3.8, 4) is 0 Å². The Morgan fingerprint density at radius 2 is 0.688 bits per heavy atom. The third kappa shape index (κ3) is 19.6. The van der Waals surface area contributed by atoms with Gasteiger partial charge in [0.1, 0.15) is 0 Å². The Kier molecular flexibility index (Phi) is 27.9. The second kappa shape index (κ2) is 20.6. The number of hydrogen-bond donors (Lipinski definition) is 0. The zero-order valence-corrected chi connectivity index (χ0v) is 18.4. The molecule has 0 aromatic heterocycles. The van der Waals surface area contributed by atoms with E-state index in [0.29, 0.717) is 0 Å². The van der Waals surface area contributed by atoms with Gasteiger partial charge in [0.15, 0.2) is 0 Å². The largest absolute Gasteiger partial charge is 4.00 e. The van der Waals surface area contributed by atoms with E-state index in [-0.39, 0.29) is 21.7 Å². The second-order valence-corrected chi connectivity index (χ2v) is 30.6. The van der Waals surface area contributed by atoms with Crippen LogP contribution in [0.2, 0.25) is 0 Å². The minimum absolute atomic E-state index is 0. The van der Waals surface area contributed by atoms with Crippen LogP contribution in [0.1, 0.15) is 0 Å². The molecule has 0 bridgehead atoms. The van der Waals surface area contributed by atoms with Gasteiger partial charge < -0.3 is 0 Å². The molecule has 10 radical (unpaired) electrons. The minimum Gasteiger partial charge on any atom is 4.00 e. The van der Waals surface area contributed by atoms with E-state index in [0.717, 1.165) is 33.9 Å². The van der Waals surface area contributed by atoms with Crippen LogP contribution in [-0.4, -0.2) is 62.3 Å². The van der Waals surface area contributed by atoms with Crippen LogP contribution in [0.5, 0.6) is 0 Å². The first-order valence-electron chi connectivity index (χ1n) is 4.00. The first kappa shape index (κ1) is 21.6. The topological polar surface area (TPSA) is 0 Å². The quantitative estimate of drug-likeness (QED) is 0.413. The summed E-state index contributed by atoms with van der Waals surface area (Å²) in [4.78, 5) is 0. The monoisotopic (exact) mass is 578 g/mol. The van der Waals surface area contributed by atoms with E-state index in [2.05, 4.69) is 28.4 Å². The third-order valence-electron chi connectivity index (χ3n) is 1.17. The van der Waals surface area contributed by atoms with Gasteiger partial charge in [-0.25, -0.2) is 0 Å². The van der Waals surface area contributed by atoms with Crippen molar-refractivity contribution >= 4 is 62.3 Å². The molecule has 0 N–H and O–H groups in total. The summed E-state index contributed by atoms with van der Waals surface area (Å²) in [6.45, 7) is 0. The van der Waals surface area contributed by atoms with Gasteiger partial charge in [-0.15, -0.1) is 0 Å². The number of rotatable bonds is 2. The molecule has 0 aromatic carbocycles. The molecule has 2 aliphatic carbocycles. The van der Waals surface area contributed by atoms with Gasteiger partial charge in [0.05, 0.1) is 0 Å². The van der Waals surface area contributed by atoms with Crippen LogP contribution in [0.3, 0.4) is 0 Å². The summed E-state index contributed by atoms with van der Waals surface area (Å²) in [5.74, 6) is 0. The fourth-order valence-electron chi connectivity index (χ4n) is 0.653. The molecule has 0 spiro atoms. The van der Waals surface area contributed by atoms with Crippen LogP contribution < -0.4 is 0 Å². The zero-order chi connectivity index (χ0) is 11.2. The molecule has 0 saturated heterocycles. The van der Waals surface area contributed by atoms with Gasteiger partial charge in [-0.2, -0.15) is 0 Å². The van der Waals surface area contributed by atoms with E-state index in [1.807, 2.05) is 64.2 Å². The van der Waals surface area contributed by atoms with Crippen LogP contribution >= 0.6 is 0 Å². The van der Waals surface area contributed by atoms with Gasteiger partial charge >= 0.3 is 84.0 Å². The van der Waals surface area contributed by atoms with E-state index in [4.69, 9.17) is 0 Å². The van der Waals surface area contributed by atoms with Gasteiger partial charge in [-0.1, -0.05) is 0 Å². The van der Waals surface area contributed by atoms with Crippen molar-refractivity contribution in [3.63, 3.8) is 0 Å². The van der Waals surface area contributed by atoms with E-state index < -0.39 is 0 Å². The summed E-state index contributed by atoms with van der Waals surface area (Å²) in [6, 6.07) is 0. The fraction of sp³-hybridized carbons (Fsp3) is 0. The first-order valence-corrected chi connectivity index (χ1v) is 21.3. The van der Waals surface area contributed by atoms with Crippen molar-refractivity contribution in [2.24, 2.45) is 0 Å². The number of hydrogen-bond acceptors (Lipinski definition) is 0. The molecule has 0 aromatic rings. The van der Waals surface area contributed by atoms with Gasteiger partial charge in [0, 0.05) is 0 Å². The summed E-state index contributed by atoms with van der Waals surface area (Å²) in [7, 11) is 0. The molecule has 0 atom stereocenters. The van der Waals surface area contributed by atoms with Crippen LogP contribution in [0.25, 0.3) is 0 Å². The molecule has 0 aliphatic heterocycles. The average Bonchev–Trinajstić information content (AvgIpc) is 2.99. The van der Waals surface area contributed by atoms with Crippen LogP contribution in [0, 0.1) is 64.2 Å². The Morgan fingerprint density at radius 1 is 0.500 bits per heavy atom. The minimum atomic E-state index is 0. The predicted octanol–water partition coefficient (Wildman–Crippen LogP) is 0.136. The molecule has 6 heteroatoms. The molecule has 0 unspecified atom stereocenters. The fourth-order valence-corrected chi connectivity index (χ4v) is 43.6. The van der Waals surface area contributed by atoms with Crippen molar-refractivity contribution in [2.45, 2.75) is 0 Å². The maximum atomic E-state index is 3.03. The normalized spacial score (nSPS) is 17.6. The van der Waals surface area contributed by atoms with Crippen molar-refractivity contribution in [3.05, 3.63) is 64.2 Å². The summed E-state index contributed by atoms with van der Waals surface area (Å²) >= 11 is 8.75. The van der Waals surface area contributed by atoms with Gasteiger partial charge in [-0.3, -0.25) is 0 Å². The first-order chi connectivity index (χ1) is 7.41. The van der Waals surface area contributed by atoms with Crippen LogP contribution in [0.15, 0.2) is 0 Å². The van der Waals surface area contributed by atoms with Crippen molar-refractivity contribution in [1.29, 1.82) is 0 Å². The summed E-state index contributed by atoms with van der Waals surface area (Å²) in [6.07, 6.45) is 20.0. The molecule has 16 heavy (non-hydrogen) atoms. The Balaban J connectivity index is 0. The van der Waals surface area contributed by atoms with Crippen molar-refractivity contribution < 1.29 is 21.7 Å². The zero-order valence-electron chi connectivity index (χ0n) is 8.31. The average molecular weight is 573 g/mol. The molecule has 2 rings (SSSR count). The second-order valence-electron chi connectivity index (χ2n) is 2.13. The Labute approximate surface area is 146 Å². The van der Waals surface area contributed by atoms with Gasteiger partial charge in [0.25, 0.3) is 0 Å². The molecule has 0 nitrogen and oxygen atoms in total. The van der Waals surface area contributed by atoms with E-state index in [1.165, 1.54) is 0 Å². The third-order valence-corrected chi connectivity index (χ3v) is 41.6. The van der Waals surface area contributed by atoms with Crippen molar-refractivity contribution in [1.82, 2.24) is 0 Å². The van der Waals surface area contributed by atoms with Crippen molar-refractivity contribution in [2.75, 3.05) is 0 Å². The molecule has 82 valence electrons. The molecular formula is C10H10Se5Ti+2. The molecule has 0 amide bonds. The van der Waals surface area contributed by atoms with Crippen LogP contribution in [-0.2, 0) is 21.7 Å². The molecule has 2 fully saturated rings. The standard InChI is InChI=1S/2C5H5.H2Se5.Ti/c2*1-2-4-5-3-1;1-3-5-4-2;/h2*1-5H;1-2H;/q;;;+4/p-2. The molecule has 2 aliphatic rings. The van der Waals surface area contributed by atoms with Gasteiger partial charge in [-0.05, 0) is 64.2 Å². The Hall–Kier alpha value is 3.31. The molecule has 0 heterocycles. The predicted molar refractivity (Wildman–Crippen MR) is 71.8 cm³/mol.